The lowest BCUT2D eigenvalue weighted by molar-refractivity contribution is 0.102. The highest BCUT2D eigenvalue weighted by atomic mass is 35.5. The van der Waals surface area contributed by atoms with E-state index in [2.05, 4.69) is 20.4 Å². The van der Waals surface area contributed by atoms with E-state index in [1.165, 1.54) is 10.7 Å². The van der Waals surface area contributed by atoms with E-state index in [0.29, 0.717) is 29.2 Å². The first-order valence-electron chi connectivity index (χ1n) is 8.23. The van der Waals surface area contributed by atoms with Crippen LogP contribution in [0, 0.1) is 19.7 Å². The molecule has 0 spiro atoms. The molecule has 3 rings (SSSR count). The summed E-state index contributed by atoms with van der Waals surface area (Å²) in [6.45, 7) is 5.35. The highest BCUT2D eigenvalue weighted by molar-refractivity contribution is 6.34. The molecule has 140 valence electrons. The molecule has 7 nitrogen and oxygen atoms in total. The van der Waals surface area contributed by atoms with Gasteiger partial charge in [-0.3, -0.25) is 14.6 Å². The third-order valence-corrected chi connectivity index (χ3v) is 4.33. The summed E-state index contributed by atoms with van der Waals surface area (Å²) in [5.41, 5.74) is 1.64. The topological polar surface area (TPSA) is 92.7 Å². The van der Waals surface area contributed by atoms with Gasteiger partial charge in [0.15, 0.2) is 0 Å². The van der Waals surface area contributed by atoms with Gasteiger partial charge in [-0.05, 0) is 38.5 Å². The van der Waals surface area contributed by atoms with E-state index < -0.39 is 11.7 Å². The Morgan fingerprint density at radius 3 is 2.70 bits per heavy atom. The number of carbonyl (C=O) groups is 1. The van der Waals surface area contributed by atoms with Crippen LogP contribution >= 0.6 is 11.6 Å². The highest BCUT2D eigenvalue weighted by Gasteiger charge is 2.17. The first-order chi connectivity index (χ1) is 12.8. The number of aryl methyl sites for hydroxylation is 2. The Morgan fingerprint density at radius 2 is 2.07 bits per heavy atom. The fourth-order valence-corrected chi connectivity index (χ4v) is 2.97. The first-order valence-corrected chi connectivity index (χ1v) is 8.61. The van der Waals surface area contributed by atoms with E-state index in [1.807, 2.05) is 6.92 Å². The van der Waals surface area contributed by atoms with E-state index in [1.54, 1.807) is 19.9 Å². The fourth-order valence-electron chi connectivity index (χ4n) is 2.72. The number of hydrogen-bond acceptors (Lipinski definition) is 4. The van der Waals surface area contributed by atoms with Gasteiger partial charge in [0.05, 0.1) is 16.3 Å². The van der Waals surface area contributed by atoms with Gasteiger partial charge in [-0.2, -0.15) is 9.78 Å². The van der Waals surface area contributed by atoms with Crippen LogP contribution in [0.2, 0.25) is 5.02 Å². The monoisotopic (exact) mass is 389 g/mol. The number of amides is 1. The molecular weight excluding hydrogens is 373 g/mol. The zero-order valence-corrected chi connectivity index (χ0v) is 15.7. The minimum absolute atomic E-state index is 0.00929. The third kappa shape index (κ3) is 3.75. The minimum atomic E-state index is -0.537. The molecule has 0 saturated heterocycles. The van der Waals surface area contributed by atoms with E-state index in [0.717, 1.165) is 12.1 Å². The second-order valence-corrected chi connectivity index (χ2v) is 6.38. The second-order valence-electron chi connectivity index (χ2n) is 5.97. The summed E-state index contributed by atoms with van der Waals surface area (Å²) in [6.07, 6.45) is 0.555. The van der Waals surface area contributed by atoms with Crippen molar-refractivity contribution in [1.29, 1.82) is 0 Å². The van der Waals surface area contributed by atoms with Crippen molar-refractivity contribution in [3.05, 3.63) is 68.0 Å². The van der Waals surface area contributed by atoms with Crippen LogP contribution in [0.1, 0.15) is 34.2 Å². The van der Waals surface area contributed by atoms with Crippen LogP contribution in [-0.2, 0) is 6.42 Å². The molecule has 1 aromatic carbocycles. The molecule has 0 aliphatic carbocycles. The lowest BCUT2D eigenvalue weighted by Crippen LogP contribution is -2.22. The highest BCUT2D eigenvalue weighted by Crippen LogP contribution is 2.20. The van der Waals surface area contributed by atoms with Crippen LogP contribution in [0.4, 0.5) is 10.2 Å². The van der Waals surface area contributed by atoms with Crippen LogP contribution < -0.4 is 10.9 Å². The molecule has 9 heteroatoms. The number of anilines is 1. The summed E-state index contributed by atoms with van der Waals surface area (Å²) < 4.78 is 14.5. The Balaban J connectivity index is 2.00. The summed E-state index contributed by atoms with van der Waals surface area (Å²) in [6, 6.07) is 5.12. The number of hydrogen-bond donors (Lipinski definition) is 2. The summed E-state index contributed by atoms with van der Waals surface area (Å²) >= 11 is 5.94. The summed E-state index contributed by atoms with van der Waals surface area (Å²) in [5, 5.41) is 6.94. The number of rotatable bonds is 4. The summed E-state index contributed by atoms with van der Waals surface area (Å²) in [5.74, 6) is -0.593. The smallest absolute Gasteiger partial charge is 0.258 e. The number of carbonyl (C=O) groups excluding carboxylic acids is 1. The molecule has 3 aromatic rings. The SMILES string of the molecule is CCc1c(C)nc(-n2nc(C)cc2NC(=O)c2ccc(F)cc2Cl)[nH]c1=O. The van der Waals surface area contributed by atoms with Gasteiger partial charge in [0.2, 0.25) is 5.95 Å². The predicted octanol–water partition coefficient (Wildman–Crippen LogP) is 3.18. The Labute approximate surface area is 159 Å². The standard InChI is InChI=1S/C18H17ClFN5O2/c1-4-12-10(3)21-18(23-16(12)26)25-15(7-9(2)24-25)22-17(27)13-6-5-11(20)8-14(13)19/h5-8H,4H2,1-3H3,(H,22,27)(H,21,23,26). The molecule has 0 radical (unpaired) electrons. The third-order valence-electron chi connectivity index (χ3n) is 4.01. The fraction of sp³-hybridized carbons (Fsp3) is 0.222. The number of H-pyrrole nitrogens is 1. The Kier molecular flexibility index (Phi) is 5.09. The maximum atomic E-state index is 13.2. The van der Waals surface area contributed by atoms with Gasteiger partial charge >= 0.3 is 0 Å². The maximum absolute atomic E-state index is 13.2. The number of nitrogens with zero attached hydrogens (tertiary/aromatic N) is 3. The zero-order valence-electron chi connectivity index (χ0n) is 14.9. The Morgan fingerprint density at radius 1 is 1.33 bits per heavy atom. The van der Waals surface area contributed by atoms with Crippen molar-refractivity contribution in [3.8, 4) is 5.95 Å². The Hall–Kier alpha value is -3.00. The number of nitrogens with one attached hydrogen (secondary N) is 2. The summed E-state index contributed by atoms with van der Waals surface area (Å²) in [7, 11) is 0. The van der Waals surface area contributed by atoms with Crippen molar-refractivity contribution < 1.29 is 9.18 Å². The molecule has 2 N–H and O–H groups in total. The number of aromatic nitrogens is 4. The first kappa shape index (κ1) is 18.8. The van der Waals surface area contributed by atoms with E-state index >= 15 is 0 Å². The normalized spacial score (nSPS) is 10.9. The summed E-state index contributed by atoms with van der Waals surface area (Å²) in [4.78, 5) is 31.8. The van der Waals surface area contributed by atoms with E-state index in [4.69, 9.17) is 11.6 Å². The molecule has 0 bridgehead atoms. The lowest BCUT2D eigenvalue weighted by Gasteiger charge is -2.10. The molecule has 2 aromatic heterocycles. The Bertz CT molecular complexity index is 1090. The van der Waals surface area contributed by atoms with E-state index in [9.17, 15) is 14.0 Å². The number of benzene rings is 1. The average Bonchev–Trinajstić information content (AvgIpc) is 2.94. The minimum Gasteiger partial charge on any atom is -0.306 e. The maximum Gasteiger partial charge on any atom is 0.258 e. The van der Waals surface area contributed by atoms with Gasteiger partial charge in [0, 0.05) is 17.3 Å². The lowest BCUT2D eigenvalue weighted by atomic mass is 10.2. The molecule has 27 heavy (non-hydrogen) atoms. The molecule has 0 aliphatic rings. The molecule has 0 saturated carbocycles. The average molecular weight is 390 g/mol. The van der Waals surface area contributed by atoms with Crippen molar-refractivity contribution in [2.45, 2.75) is 27.2 Å². The zero-order chi connectivity index (χ0) is 19.7. The molecule has 0 aliphatic heterocycles. The van der Waals surface area contributed by atoms with Gasteiger partial charge in [0.1, 0.15) is 11.6 Å². The molecule has 1 amide bonds. The van der Waals surface area contributed by atoms with Gasteiger partial charge in [-0.15, -0.1) is 0 Å². The van der Waals surface area contributed by atoms with Gasteiger partial charge in [-0.1, -0.05) is 18.5 Å². The van der Waals surface area contributed by atoms with Crippen LogP contribution in [-0.4, -0.2) is 25.7 Å². The van der Waals surface area contributed by atoms with Gasteiger partial charge in [0.25, 0.3) is 11.5 Å². The van der Waals surface area contributed by atoms with E-state index in [-0.39, 0.29) is 22.1 Å². The van der Waals surface area contributed by atoms with Crippen molar-refractivity contribution in [1.82, 2.24) is 19.7 Å². The van der Waals surface area contributed by atoms with Crippen LogP contribution in [0.3, 0.4) is 0 Å². The van der Waals surface area contributed by atoms with Crippen molar-refractivity contribution in [2.75, 3.05) is 5.32 Å². The molecule has 2 heterocycles. The van der Waals surface area contributed by atoms with Crippen LogP contribution in [0.25, 0.3) is 5.95 Å². The molecule has 0 atom stereocenters. The van der Waals surface area contributed by atoms with Gasteiger partial charge in [-0.25, -0.2) is 9.37 Å². The molecule has 0 fully saturated rings. The molecule has 0 unspecified atom stereocenters. The second kappa shape index (κ2) is 7.32. The van der Waals surface area contributed by atoms with Crippen LogP contribution in [0.5, 0.6) is 0 Å². The van der Waals surface area contributed by atoms with Crippen molar-refractivity contribution in [2.24, 2.45) is 0 Å². The number of aromatic amines is 1. The van der Waals surface area contributed by atoms with Gasteiger partial charge < -0.3 is 5.32 Å². The largest absolute Gasteiger partial charge is 0.306 e. The molecular formula is C18H17ClFN5O2. The number of halogens is 2. The predicted molar refractivity (Wildman–Crippen MR) is 100 cm³/mol. The van der Waals surface area contributed by atoms with Crippen LogP contribution in [0.15, 0.2) is 29.1 Å². The van der Waals surface area contributed by atoms with Crippen molar-refractivity contribution >= 4 is 23.3 Å². The quantitative estimate of drug-likeness (QED) is 0.716. The van der Waals surface area contributed by atoms with Crippen molar-refractivity contribution in [3.63, 3.8) is 0 Å².